The lowest BCUT2D eigenvalue weighted by molar-refractivity contribution is 0.0895. The van der Waals surface area contributed by atoms with Crippen LogP contribution in [0.1, 0.15) is 62.2 Å². The van der Waals surface area contributed by atoms with E-state index in [-0.39, 0.29) is 5.91 Å². The standard InChI is InChI=1S/C17H23NO3/c1-3-4-5-6-7-8-9-16(19)18-14-12-13(2)10-11-15(14)21-17(18)20/h10-12H,3-9H2,1-2H3. The zero-order chi connectivity index (χ0) is 15.2. The zero-order valence-corrected chi connectivity index (χ0v) is 12.9. The highest BCUT2D eigenvalue weighted by Gasteiger charge is 2.15. The summed E-state index contributed by atoms with van der Waals surface area (Å²) in [5.41, 5.74) is 2.06. The summed E-state index contributed by atoms with van der Waals surface area (Å²) in [6.07, 6.45) is 7.10. The topological polar surface area (TPSA) is 52.2 Å². The first-order valence-corrected chi connectivity index (χ1v) is 7.79. The Morgan fingerprint density at radius 3 is 2.62 bits per heavy atom. The predicted octanol–water partition coefficient (Wildman–Crippen LogP) is 4.29. The highest BCUT2D eigenvalue weighted by Crippen LogP contribution is 2.16. The van der Waals surface area contributed by atoms with Gasteiger partial charge in [0.25, 0.3) is 0 Å². The van der Waals surface area contributed by atoms with Gasteiger partial charge in [0.05, 0.1) is 5.52 Å². The average molecular weight is 289 g/mol. The third-order valence-electron chi connectivity index (χ3n) is 3.73. The molecule has 114 valence electrons. The first-order valence-electron chi connectivity index (χ1n) is 7.79. The molecule has 4 nitrogen and oxygen atoms in total. The average Bonchev–Trinajstić information content (AvgIpc) is 2.77. The quantitative estimate of drug-likeness (QED) is 0.714. The molecular weight excluding hydrogens is 266 g/mol. The number of carbonyl (C=O) groups is 1. The van der Waals surface area contributed by atoms with Gasteiger partial charge >= 0.3 is 5.76 Å². The van der Waals surface area contributed by atoms with E-state index in [9.17, 15) is 9.59 Å². The fourth-order valence-electron chi connectivity index (χ4n) is 2.53. The van der Waals surface area contributed by atoms with E-state index >= 15 is 0 Å². The molecule has 1 heterocycles. The minimum absolute atomic E-state index is 0.167. The normalized spacial score (nSPS) is 11.1. The number of aromatic nitrogens is 1. The lowest BCUT2D eigenvalue weighted by atomic mass is 10.1. The van der Waals surface area contributed by atoms with Crippen LogP contribution in [0.2, 0.25) is 0 Å². The van der Waals surface area contributed by atoms with Gasteiger partial charge in [-0.1, -0.05) is 45.1 Å². The maximum atomic E-state index is 12.2. The van der Waals surface area contributed by atoms with E-state index in [0.717, 1.165) is 24.8 Å². The van der Waals surface area contributed by atoms with Crippen molar-refractivity contribution in [2.75, 3.05) is 0 Å². The van der Waals surface area contributed by atoms with Crippen LogP contribution < -0.4 is 5.76 Å². The van der Waals surface area contributed by atoms with E-state index in [0.29, 0.717) is 17.5 Å². The lowest BCUT2D eigenvalue weighted by Gasteiger charge is -2.02. The van der Waals surface area contributed by atoms with Crippen LogP contribution in [0.4, 0.5) is 0 Å². The molecule has 2 aromatic rings. The number of benzene rings is 1. The highest BCUT2D eigenvalue weighted by molar-refractivity contribution is 5.89. The van der Waals surface area contributed by atoms with Crippen LogP contribution in [-0.4, -0.2) is 10.5 Å². The van der Waals surface area contributed by atoms with Gasteiger partial charge < -0.3 is 4.42 Å². The fourth-order valence-corrected chi connectivity index (χ4v) is 2.53. The second-order valence-electron chi connectivity index (χ2n) is 5.59. The molecule has 21 heavy (non-hydrogen) atoms. The minimum Gasteiger partial charge on any atom is -0.407 e. The molecule has 0 saturated heterocycles. The van der Waals surface area contributed by atoms with E-state index in [1.165, 1.54) is 23.8 Å². The molecule has 0 atom stereocenters. The lowest BCUT2D eigenvalue weighted by Crippen LogP contribution is -2.22. The third kappa shape index (κ3) is 3.84. The van der Waals surface area contributed by atoms with Gasteiger partial charge in [-0.2, -0.15) is 0 Å². The van der Waals surface area contributed by atoms with Crippen LogP contribution in [0.25, 0.3) is 11.1 Å². The van der Waals surface area contributed by atoms with E-state index in [1.54, 1.807) is 6.07 Å². The number of unbranched alkanes of at least 4 members (excludes halogenated alkanes) is 5. The van der Waals surface area contributed by atoms with Gasteiger partial charge in [-0.3, -0.25) is 4.79 Å². The summed E-state index contributed by atoms with van der Waals surface area (Å²) in [6.45, 7) is 4.11. The molecule has 0 aliphatic rings. The van der Waals surface area contributed by atoms with Crippen molar-refractivity contribution in [1.29, 1.82) is 0 Å². The van der Waals surface area contributed by atoms with Crippen LogP contribution >= 0.6 is 0 Å². The molecule has 2 rings (SSSR count). The van der Waals surface area contributed by atoms with E-state index in [2.05, 4.69) is 6.92 Å². The van der Waals surface area contributed by atoms with E-state index in [1.807, 2.05) is 19.1 Å². The molecular formula is C17H23NO3. The number of hydrogen-bond acceptors (Lipinski definition) is 3. The van der Waals surface area contributed by atoms with Crippen molar-refractivity contribution in [2.24, 2.45) is 0 Å². The molecule has 1 aromatic carbocycles. The number of carbonyl (C=O) groups excluding carboxylic acids is 1. The molecule has 0 aliphatic heterocycles. The Bertz CT molecular complexity index is 666. The van der Waals surface area contributed by atoms with Crippen molar-refractivity contribution < 1.29 is 9.21 Å². The highest BCUT2D eigenvalue weighted by atomic mass is 16.4. The van der Waals surface area contributed by atoms with Crippen LogP contribution in [0.15, 0.2) is 27.4 Å². The summed E-state index contributed by atoms with van der Waals surface area (Å²) in [6, 6.07) is 5.42. The third-order valence-corrected chi connectivity index (χ3v) is 3.73. The first kappa shape index (κ1) is 15.5. The van der Waals surface area contributed by atoms with Crippen molar-refractivity contribution in [3.8, 4) is 0 Å². The Morgan fingerprint density at radius 1 is 1.14 bits per heavy atom. The van der Waals surface area contributed by atoms with Gasteiger partial charge in [0.15, 0.2) is 5.58 Å². The second-order valence-corrected chi connectivity index (χ2v) is 5.59. The maximum absolute atomic E-state index is 12.2. The Morgan fingerprint density at radius 2 is 1.86 bits per heavy atom. The molecule has 0 N–H and O–H groups in total. The molecule has 1 aromatic heterocycles. The minimum atomic E-state index is -0.577. The number of fused-ring (bicyclic) bond motifs is 1. The van der Waals surface area contributed by atoms with Gasteiger partial charge in [-0.15, -0.1) is 0 Å². The summed E-state index contributed by atoms with van der Waals surface area (Å²) in [4.78, 5) is 24.1. The Hall–Kier alpha value is -1.84. The Balaban J connectivity index is 2.01. The van der Waals surface area contributed by atoms with Gasteiger partial charge in [0.1, 0.15) is 0 Å². The molecule has 4 heteroatoms. The number of aryl methyl sites for hydroxylation is 1. The van der Waals surface area contributed by atoms with Gasteiger partial charge in [0.2, 0.25) is 5.91 Å². The molecule has 0 radical (unpaired) electrons. The monoisotopic (exact) mass is 289 g/mol. The summed E-state index contributed by atoms with van der Waals surface area (Å²) in [7, 11) is 0. The summed E-state index contributed by atoms with van der Waals surface area (Å²) >= 11 is 0. The van der Waals surface area contributed by atoms with E-state index in [4.69, 9.17) is 4.42 Å². The molecule has 0 unspecified atom stereocenters. The smallest absolute Gasteiger partial charge is 0.407 e. The van der Waals surface area contributed by atoms with Gasteiger partial charge in [0, 0.05) is 6.42 Å². The number of nitrogens with zero attached hydrogens (tertiary/aromatic N) is 1. The molecule has 0 bridgehead atoms. The SMILES string of the molecule is CCCCCCCCC(=O)n1c(=O)oc2ccc(C)cc21. The summed E-state index contributed by atoms with van der Waals surface area (Å²) in [5.74, 6) is -0.744. The molecule has 0 amide bonds. The molecule has 0 saturated carbocycles. The van der Waals surface area contributed by atoms with Crippen molar-refractivity contribution in [1.82, 2.24) is 4.57 Å². The van der Waals surface area contributed by atoms with Crippen LogP contribution in [-0.2, 0) is 0 Å². The Labute approximate surface area is 124 Å². The maximum Gasteiger partial charge on any atom is 0.426 e. The second kappa shape index (κ2) is 7.25. The van der Waals surface area contributed by atoms with Crippen LogP contribution in [0, 0.1) is 6.92 Å². The number of hydrogen-bond donors (Lipinski definition) is 0. The predicted molar refractivity (Wildman–Crippen MR) is 83.8 cm³/mol. The Kier molecular flexibility index (Phi) is 5.37. The molecule has 0 fully saturated rings. The number of oxazole rings is 1. The van der Waals surface area contributed by atoms with Crippen LogP contribution in [0.5, 0.6) is 0 Å². The zero-order valence-electron chi connectivity index (χ0n) is 12.9. The fraction of sp³-hybridized carbons (Fsp3) is 0.529. The summed E-state index contributed by atoms with van der Waals surface area (Å²) in [5, 5.41) is 0. The van der Waals surface area contributed by atoms with E-state index < -0.39 is 5.76 Å². The van der Waals surface area contributed by atoms with Crippen molar-refractivity contribution in [2.45, 2.75) is 58.8 Å². The first-order chi connectivity index (χ1) is 10.1. The van der Waals surface area contributed by atoms with Gasteiger partial charge in [-0.05, 0) is 31.0 Å². The van der Waals surface area contributed by atoms with Crippen molar-refractivity contribution in [3.63, 3.8) is 0 Å². The van der Waals surface area contributed by atoms with Gasteiger partial charge in [-0.25, -0.2) is 9.36 Å². The molecule has 0 spiro atoms. The van der Waals surface area contributed by atoms with Crippen LogP contribution in [0.3, 0.4) is 0 Å². The summed E-state index contributed by atoms with van der Waals surface area (Å²) < 4.78 is 6.30. The van der Waals surface area contributed by atoms with Crippen molar-refractivity contribution in [3.05, 3.63) is 34.3 Å². The molecule has 0 aliphatic carbocycles. The largest absolute Gasteiger partial charge is 0.426 e. The number of rotatable bonds is 7. The van der Waals surface area contributed by atoms with Crippen molar-refractivity contribution >= 4 is 17.0 Å².